The fraction of sp³-hybridized carbons (Fsp3) is 0.300. The first-order chi connectivity index (χ1) is 13.0. The highest BCUT2D eigenvalue weighted by Crippen LogP contribution is 2.31. The van der Waals surface area contributed by atoms with Crippen molar-refractivity contribution in [3.8, 4) is 28.6 Å². The molecule has 0 fully saturated rings. The minimum atomic E-state index is -0.532. The summed E-state index contributed by atoms with van der Waals surface area (Å²) in [5, 5.41) is 3.93. The summed E-state index contributed by atoms with van der Waals surface area (Å²) < 4.78 is 22.7. The molecule has 0 atom stereocenters. The van der Waals surface area contributed by atoms with Gasteiger partial charge in [0.1, 0.15) is 5.75 Å². The van der Waals surface area contributed by atoms with E-state index >= 15 is 0 Å². The standard InChI is InChI=1S/C20H22N2O5/c1-13(2)26-16-7-5-6-14(10-16)12-22-19(21-27-20(22)23)15-8-9-17(24-3)18(11-15)25-4/h5-11,13H,12H2,1-4H3. The molecule has 0 amide bonds. The van der Waals surface area contributed by atoms with E-state index in [-0.39, 0.29) is 6.10 Å². The Hall–Kier alpha value is -3.22. The van der Waals surface area contributed by atoms with Crippen LogP contribution in [0, 0.1) is 0 Å². The van der Waals surface area contributed by atoms with Crippen LogP contribution in [-0.2, 0) is 6.54 Å². The van der Waals surface area contributed by atoms with Gasteiger partial charge in [0, 0.05) is 5.56 Å². The maximum Gasteiger partial charge on any atom is 0.442 e. The van der Waals surface area contributed by atoms with E-state index in [0.717, 1.165) is 11.3 Å². The minimum absolute atomic E-state index is 0.0703. The SMILES string of the molecule is COc1ccc(-c2noc(=O)n2Cc2cccc(OC(C)C)c2)cc1OC. The van der Waals surface area contributed by atoms with Crippen LogP contribution in [0.1, 0.15) is 19.4 Å². The third kappa shape index (κ3) is 4.13. The molecule has 0 bridgehead atoms. The third-order valence-electron chi connectivity index (χ3n) is 3.94. The summed E-state index contributed by atoms with van der Waals surface area (Å²) in [6.07, 6.45) is 0.0703. The number of nitrogens with zero attached hydrogens (tertiary/aromatic N) is 2. The molecule has 7 nitrogen and oxygen atoms in total. The average molecular weight is 370 g/mol. The van der Waals surface area contributed by atoms with Crippen molar-refractivity contribution >= 4 is 0 Å². The van der Waals surface area contributed by atoms with Crippen LogP contribution >= 0.6 is 0 Å². The summed E-state index contributed by atoms with van der Waals surface area (Å²) in [5.41, 5.74) is 1.59. The molecular weight excluding hydrogens is 348 g/mol. The molecular formula is C20H22N2O5. The molecule has 7 heteroatoms. The molecule has 0 aliphatic carbocycles. The predicted octanol–water partition coefficient (Wildman–Crippen LogP) is 3.36. The van der Waals surface area contributed by atoms with Crippen molar-refractivity contribution in [1.82, 2.24) is 9.72 Å². The van der Waals surface area contributed by atoms with Crippen molar-refractivity contribution in [2.75, 3.05) is 14.2 Å². The molecule has 0 aliphatic heterocycles. The molecule has 0 aliphatic rings. The smallest absolute Gasteiger partial charge is 0.442 e. The maximum atomic E-state index is 12.2. The van der Waals surface area contributed by atoms with Gasteiger partial charge >= 0.3 is 5.76 Å². The van der Waals surface area contributed by atoms with Gasteiger partial charge in [-0.3, -0.25) is 9.09 Å². The number of methoxy groups -OCH3 is 2. The number of hydrogen-bond acceptors (Lipinski definition) is 6. The van der Waals surface area contributed by atoms with Crippen molar-refractivity contribution in [3.05, 3.63) is 58.6 Å². The topological polar surface area (TPSA) is 75.7 Å². The molecule has 0 N–H and O–H groups in total. The molecule has 2 aromatic carbocycles. The average Bonchev–Trinajstić information content (AvgIpc) is 3.01. The Morgan fingerprint density at radius 2 is 1.85 bits per heavy atom. The molecule has 0 spiro atoms. The molecule has 0 saturated carbocycles. The Balaban J connectivity index is 1.95. The zero-order chi connectivity index (χ0) is 19.4. The summed E-state index contributed by atoms with van der Waals surface area (Å²) in [7, 11) is 3.12. The number of rotatable bonds is 7. The second-order valence-corrected chi connectivity index (χ2v) is 6.24. The van der Waals surface area contributed by atoms with Gasteiger partial charge in [-0.2, -0.15) is 0 Å². The van der Waals surface area contributed by atoms with E-state index < -0.39 is 5.76 Å². The fourth-order valence-corrected chi connectivity index (χ4v) is 2.76. The highest BCUT2D eigenvalue weighted by molar-refractivity contribution is 5.61. The van der Waals surface area contributed by atoms with Gasteiger partial charge in [0.05, 0.1) is 26.9 Å². The lowest BCUT2D eigenvalue weighted by Crippen LogP contribution is -2.16. The fourth-order valence-electron chi connectivity index (χ4n) is 2.76. The summed E-state index contributed by atoms with van der Waals surface area (Å²) >= 11 is 0. The minimum Gasteiger partial charge on any atom is -0.493 e. The van der Waals surface area contributed by atoms with Gasteiger partial charge in [-0.1, -0.05) is 17.3 Å². The van der Waals surface area contributed by atoms with Crippen molar-refractivity contribution in [2.24, 2.45) is 0 Å². The van der Waals surface area contributed by atoms with E-state index in [1.807, 2.05) is 38.1 Å². The van der Waals surface area contributed by atoms with Gasteiger partial charge in [-0.05, 0) is 49.7 Å². The molecule has 0 radical (unpaired) electrons. The second kappa shape index (κ2) is 7.99. The van der Waals surface area contributed by atoms with Gasteiger partial charge in [0.2, 0.25) is 0 Å². The number of aromatic nitrogens is 2. The predicted molar refractivity (Wildman–Crippen MR) is 101 cm³/mol. The first-order valence-electron chi connectivity index (χ1n) is 8.56. The zero-order valence-electron chi connectivity index (χ0n) is 15.8. The zero-order valence-corrected chi connectivity index (χ0v) is 15.8. The Kier molecular flexibility index (Phi) is 5.49. The molecule has 0 unspecified atom stereocenters. The highest BCUT2D eigenvalue weighted by atomic mass is 16.5. The van der Waals surface area contributed by atoms with Gasteiger partial charge in [-0.15, -0.1) is 0 Å². The van der Waals surface area contributed by atoms with Crippen LogP contribution in [0.5, 0.6) is 17.2 Å². The third-order valence-corrected chi connectivity index (χ3v) is 3.94. The Morgan fingerprint density at radius 1 is 1.07 bits per heavy atom. The first-order valence-corrected chi connectivity index (χ1v) is 8.56. The lowest BCUT2D eigenvalue weighted by atomic mass is 10.1. The van der Waals surface area contributed by atoms with E-state index in [1.165, 1.54) is 4.57 Å². The Labute approximate surface area is 157 Å². The van der Waals surface area contributed by atoms with Gasteiger partial charge < -0.3 is 14.2 Å². The number of ether oxygens (including phenoxy) is 3. The molecule has 1 heterocycles. The van der Waals surface area contributed by atoms with E-state index in [4.69, 9.17) is 18.7 Å². The lowest BCUT2D eigenvalue weighted by molar-refractivity contribution is 0.242. The van der Waals surface area contributed by atoms with E-state index in [0.29, 0.717) is 29.4 Å². The van der Waals surface area contributed by atoms with E-state index in [2.05, 4.69) is 5.16 Å². The van der Waals surface area contributed by atoms with Crippen LogP contribution in [0.15, 0.2) is 51.8 Å². The van der Waals surface area contributed by atoms with Crippen molar-refractivity contribution in [2.45, 2.75) is 26.5 Å². The molecule has 142 valence electrons. The molecule has 27 heavy (non-hydrogen) atoms. The van der Waals surface area contributed by atoms with Crippen molar-refractivity contribution < 1.29 is 18.7 Å². The molecule has 0 saturated heterocycles. The van der Waals surface area contributed by atoms with Crippen LogP contribution in [0.3, 0.4) is 0 Å². The normalized spacial score (nSPS) is 10.9. The molecule has 1 aromatic heterocycles. The van der Waals surface area contributed by atoms with Crippen LogP contribution < -0.4 is 20.0 Å². The summed E-state index contributed by atoms with van der Waals surface area (Å²) in [6.45, 7) is 4.24. The Bertz CT molecular complexity index is 974. The first kappa shape index (κ1) is 18.6. The van der Waals surface area contributed by atoms with Gasteiger partial charge in [-0.25, -0.2) is 4.79 Å². The van der Waals surface area contributed by atoms with E-state index in [1.54, 1.807) is 32.4 Å². The second-order valence-electron chi connectivity index (χ2n) is 6.24. The lowest BCUT2D eigenvalue weighted by Gasteiger charge is -2.12. The van der Waals surface area contributed by atoms with Crippen molar-refractivity contribution in [3.63, 3.8) is 0 Å². The summed E-state index contributed by atoms with van der Waals surface area (Å²) in [6, 6.07) is 12.9. The highest BCUT2D eigenvalue weighted by Gasteiger charge is 2.16. The van der Waals surface area contributed by atoms with Crippen LogP contribution in [-0.4, -0.2) is 30.0 Å². The van der Waals surface area contributed by atoms with Gasteiger partial charge in [0.25, 0.3) is 0 Å². The quantitative estimate of drug-likeness (QED) is 0.635. The molecule has 3 aromatic rings. The Morgan fingerprint density at radius 3 is 2.56 bits per heavy atom. The van der Waals surface area contributed by atoms with Crippen molar-refractivity contribution in [1.29, 1.82) is 0 Å². The summed E-state index contributed by atoms with van der Waals surface area (Å²) in [4.78, 5) is 12.2. The van der Waals surface area contributed by atoms with Crippen LogP contribution in [0.2, 0.25) is 0 Å². The van der Waals surface area contributed by atoms with Crippen LogP contribution in [0.25, 0.3) is 11.4 Å². The van der Waals surface area contributed by atoms with Crippen LogP contribution in [0.4, 0.5) is 0 Å². The summed E-state index contributed by atoms with van der Waals surface area (Å²) in [5.74, 6) is 1.77. The maximum absolute atomic E-state index is 12.2. The molecule has 3 rings (SSSR count). The number of hydrogen-bond donors (Lipinski definition) is 0. The number of benzene rings is 2. The monoisotopic (exact) mass is 370 g/mol. The van der Waals surface area contributed by atoms with Gasteiger partial charge in [0.15, 0.2) is 17.3 Å². The van der Waals surface area contributed by atoms with E-state index in [9.17, 15) is 4.79 Å². The largest absolute Gasteiger partial charge is 0.493 e.